The molecule has 3 rings (SSSR count). The van der Waals surface area contributed by atoms with E-state index in [0.29, 0.717) is 13.0 Å². The van der Waals surface area contributed by atoms with Gasteiger partial charge >= 0.3 is 0 Å². The number of hydrogen-bond acceptors (Lipinski definition) is 4. The number of β-amino-alcohol motifs (C(OH)–C–C–N with tert-alkyl or cyclic N) is 1. The molecule has 2 atom stereocenters. The van der Waals surface area contributed by atoms with Gasteiger partial charge in [0.05, 0.1) is 12.1 Å². The summed E-state index contributed by atoms with van der Waals surface area (Å²) in [7, 11) is 0. The lowest BCUT2D eigenvalue weighted by atomic mass is 9.97. The van der Waals surface area contributed by atoms with Crippen molar-refractivity contribution in [1.29, 1.82) is 0 Å². The van der Waals surface area contributed by atoms with Gasteiger partial charge in [-0.1, -0.05) is 30.3 Å². The zero-order valence-electron chi connectivity index (χ0n) is 14.0. The van der Waals surface area contributed by atoms with E-state index in [2.05, 4.69) is 48.3 Å². The Morgan fingerprint density at radius 2 is 2.04 bits per heavy atom. The largest absolute Gasteiger partial charge is 0.392 e. The van der Waals surface area contributed by atoms with Gasteiger partial charge in [0.25, 0.3) is 0 Å². The van der Waals surface area contributed by atoms with Gasteiger partial charge in [0, 0.05) is 38.3 Å². The van der Waals surface area contributed by atoms with Crippen LogP contribution in [0.3, 0.4) is 0 Å². The summed E-state index contributed by atoms with van der Waals surface area (Å²) in [5.74, 6) is 0.133. The molecule has 1 amide bonds. The zero-order chi connectivity index (χ0) is 16.4. The number of carbonyl (C=O) groups excluding carboxylic acids is 1. The maximum Gasteiger partial charge on any atom is 0.239 e. The van der Waals surface area contributed by atoms with Gasteiger partial charge in [-0.15, -0.1) is 0 Å². The minimum absolute atomic E-state index is 0.0546. The van der Waals surface area contributed by atoms with E-state index < -0.39 is 6.10 Å². The van der Waals surface area contributed by atoms with Gasteiger partial charge in [0.15, 0.2) is 0 Å². The maximum atomic E-state index is 12.6. The Morgan fingerprint density at radius 1 is 1.30 bits per heavy atom. The summed E-state index contributed by atoms with van der Waals surface area (Å²) in [6.45, 7) is 8.20. The molecule has 0 radical (unpaired) electrons. The smallest absolute Gasteiger partial charge is 0.239 e. The Bertz CT molecular complexity index is 546. The van der Waals surface area contributed by atoms with Crippen LogP contribution < -0.4 is 5.32 Å². The summed E-state index contributed by atoms with van der Waals surface area (Å²) in [5.41, 5.74) is 1.25. The van der Waals surface area contributed by atoms with Crippen LogP contribution in [0.1, 0.15) is 25.8 Å². The lowest BCUT2D eigenvalue weighted by Crippen LogP contribution is -2.61. The Kier molecular flexibility index (Phi) is 4.71. The standard InChI is InChI=1S/C18H27N3O2/c1-18(2)13-20(17(23)16-10-15(22)11-19-16)8-9-21(18)12-14-6-4-3-5-7-14/h3-7,15-16,19,22H,8-13H2,1-2H3. The summed E-state index contributed by atoms with van der Waals surface area (Å²) in [6.07, 6.45) is 0.139. The molecule has 2 aliphatic heterocycles. The molecular weight excluding hydrogens is 290 g/mol. The fourth-order valence-electron chi connectivity index (χ4n) is 3.60. The Balaban J connectivity index is 1.62. The number of nitrogens with one attached hydrogen (secondary N) is 1. The van der Waals surface area contributed by atoms with E-state index in [1.807, 2.05) is 11.0 Å². The highest BCUT2D eigenvalue weighted by Gasteiger charge is 2.38. The summed E-state index contributed by atoms with van der Waals surface area (Å²) >= 11 is 0. The third kappa shape index (κ3) is 3.74. The average molecular weight is 317 g/mol. The van der Waals surface area contributed by atoms with Crippen LogP contribution in [0, 0.1) is 0 Å². The van der Waals surface area contributed by atoms with Crippen LogP contribution in [0.4, 0.5) is 0 Å². The first kappa shape index (κ1) is 16.4. The molecule has 0 saturated carbocycles. The predicted molar refractivity (Wildman–Crippen MR) is 89.9 cm³/mol. The molecule has 0 bridgehead atoms. The second-order valence-electron chi connectivity index (χ2n) is 7.33. The second kappa shape index (κ2) is 6.59. The van der Waals surface area contributed by atoms with Crippen molar-refractivity contribution in [2.24, 2.45) is 0 Å². The molecule has 1 aromatic rings. The molecular formula is C18H27N3O2. The van der Waals surface area contributed by atoms with Gasteiger partial charge in [-0.25, -0.2) is 0 Å². The van der Waals surface area contributed by atoms with Gasteiger partial charge in [-0.2, -0.15) is 0 Å². The number of aliphatic hydroxyl groups excluding tert-OH is 1. The molecule has 0 spiro atoms. The van der Waals surface area contributed by atoms with E-state index in [1.54, 1.807) is 0 Å². The van der Waals surface area contributed by atoms with Gasteiger partial charge < -0.3 is 15.3 Å². The van der Waals surface area contributed by atoms with Crippen LogP contribution in [0.5, 0.6) is 0 Å². The number of piperazine rings is 1. The van der Waals surface area contributed by atoms with Crippen LogP contribution in [0.2, 0.25) is 0 Å². The van der Waals surface area contributed by atoms with Crippen molar-refractivity contribution in [3.05, 3.63) is 35.9 Å². The summed E-state index contributed by atoms with van der Waals surface area (Å²) in [4.78, 5) is 17.0. The number of benzene rings is 1. The molecule has 5 nitrogen and oxygen atoms in total. The van der Waals surface area contributed by atoms with Crippen molar-refractivity contribution in [3.8, 4) is 0 Å². The maximum absolute atomic E-state index is 12.6. The van der Waals surface area contributed by atoms with Crippen LogP contribution in [0.25, 0.3) is 0 Å². The number of amides is 1. The van der Waals surface area contributed by atoms with Crippen molar-refractivity contribution in [2.45, 2.75) is 44.5 Å². The quantitative estimate of drug-likeness (QED) is 0.867. The van der Waals surface area contributed by atoms with Gasteiger partial charge in [-0.05, 0) is 25.8 Å². The predicted octanol–water partition coefficient (Wildman–Crippen LogP) is 0.832. The van der Waals surface area contributed by atoms with Gasteiger partial charge in [0.1, 0.15) is 0 Å². The highest BCUT2D eigenvalue weighted by molar-refractivity contribution is 5.82. The second-order valence-corrected chi connectivity index (χ2v) is 7.33. The van der Waals surface area contributed by atoms with Gasteiger partial charge in [-0.3, -0.25) is 9.69 Å². The number of carbonyl (C=O) groups is 1. The fourth-order valence-corrected chi connectivity index (χ4v) is 3.60. The molecule has 1 aromatic carbocycles. The molecule has 0 aromatic heterocycles. The topological polar surface area (TPSA) is 55.8 Å². The minimum Gasteiger partial charge on any atom is -0.392 e. The van der Waals surface area contributed by atoms with Crippen LogP contribution in [-0.2, 0) is 11.3 Å². The Morgan fingerprint density at radius 3 is 2.65 bits per heavy atom. The number of aliphatic hydroxyl groups is 1. The average Bonchev–Trinajstić information content (AvgIpc) is 2.96. The van der Waals surface area contributed by atoms with Crippen LogP contribution in [0.15, 0.2) is 30.3 Å². The Labute approximate surface area is 138 Å². The van der Waals surface area contributed by atoms with Crippen molar-refractivity contribution in [1.82, 2.24) is 15.1 Å². The first-order valence-corrected chi connectivity index (χ1v) is 8.45. The normalized spacial score (nSPS) is 28.0. The van der Waals surface area contributed by atoms with E-state index in [4.69, 9.17) is 0 Å². The number of nitrogens with zero attached hydrogens (tertiary/aromatic N) is 2. The zero-order valence-corrected chi connectivity index (χ0v) is 14.0. The van der Waals surface area contributed by atoms with Gasteiger partial charge in [0.2, 0.25) is 5.91 Å². The third-order valence-corrected chi connectivity index (χ3v) is 5.01. The third-order valence-electron chi connectivity index (χ3n) is 5.01. The number of rotatable bonds is 3. The molecule has 2 heterocycles. The van der Waals surface area contributed by atoms with Crippen molar-refractivity contribution >= 4 is 5.91 Å². The van der Waals surface area contributed by atoms with E-state index in [1.165, 1.54) is 5.56 Å². The first-order valence-electron chi connectivity index (χ1n) is 8.45. The molecule has 23 heavy (non-hydrogen) atoms. The molecule has 5 heteroatoms. The van der Waals surface area contributed by atoms with E-state index in [0.717, 1.165) is 26.2 Å². The highest BCUT2D eigenvalue weighted by Crippen LogP contribution is 2.24. The van der Waals surface area contributed by atoms with Crippen molar-refractivity contribution in [2.75, 3.05) is 26.2 Å². The first-order chi connectivity index (χ1) is 11.0. The van der Waals surface area contributed by atoms with Crippen molar-refractivity contribution < 1.29 is 9.90 Å². The Hall–Kier alpha value is -1.43. The summed E-state index contributed by atoms with van der Waals surface area (Å²) < 4.78 is 0. The minimum atomic E-state index is -0.392. The fraction of sp³-hybridized carbons (Fsp3) is 0.611. The summed E-state index contributed by atoms with van der Waals surface area (Å²) in [6, 6.07) is 10.3. The SMILES string of the molecule is CC1(C)CN(C(=O)C2CC(O)CN2)CCN1Cc1ccccc1. The van der Waals surface area contributed by atoms with Crippen molar-refractivity contribution in [3.63, 3.8) is 0 Å². The summed E-state index contributed by atoms with van der Waals surface area (Å²) in [5, 5.41) is 12.7. The number of hydrogen-bond donors (Lipinski definition) is 2. The molecule has 2 N–H and O–H groups in total. The van der Waals surface area contributed by atoms with Crippen LogP contribution >= 0.6 is 0 Å². The monoisotopic (exact) mass is 317 g/mol. The molecule has 0 aliphatic carbocycles. The van der Waals surface area contributed by atoms with E-state index in [9.17, 15) is 9.90 Å². The molecule has 126 valence electrons. The lowest BCUT2D eigenvalue weighted by molar-refractivity contribution is -0.138. The molecule has 2 aliphatic rings. The molecule has 2 unspecified atom stereocenters. The highest BCUT2D eigenvalue weighted by atomic mass is 16.3. The molecule has 2 fully saturated rings. The lowest BCUT2D eigenvalue weighted by Gasteiger charge is -2.47. The van der Waals surface area contributed by atoms with E-state index in [-0.39, 0.29) is 17.5 Å². The van der Waals surface area contributed by atoms with Crippen LogP contribution in [-0.4, -0.2) is 64.7 Å². The molecule has 2 saturated heterocycles. The van der Waals surface area contributed by atoms with E-state index >= 15 is 0 Å².